The van der Waals surface area contributed by atoms with Crippen LogP contribution >= 0.6 is 0 Å². The van der Waals surface area contributed by atoms with Crippen LogP contribution in [0.3, 0.4) is 0 Å². The summed E-state index contributed by atoms with van der Waals surface area (Å²) in [5.74, 6) is 1.54. The lowest BCUT2D eigenvalue weighted by Crippen LogP contribution is -2.34. The second-order valence-corrected chi connectivity index (χ2v) is 9.81. The number of ether oxygens (including phenoxy) is 2. The van der Waals surface area contributed by atoms with Gasteiger partial charge in [0.2, 0.25) is 0 Å². The average Bonchev–Trinajstić information content (AvgIpc) is 3.65. The van der Waals surface area contributed by atoms with Crippen molar-refractivity contribution in [2.75, 3.05) is 24.5 Å². The number of anilines is 1. The van der Waals surface area contributed by atoms with Crippen LogP contribution in [-0.2, 0) is 10.0 Å². The third kappa shape index (κ3) is 4.09. The minimum absolute atomic E-state index is 0.0234. The highest BCUT2D eigenvalue weighted by Crippen LogP contribution is 2.36. The van der Waals surface area contributed by atoms with Crippen LogP contribution in [0, 0.1) is 5.92 Å². The predicted molar refractivity (Wildman–Crippen MR) is 111 cm³/mol. The summed E-state index contributed by atoms with van der Waals surface area (Å²) in [6.07, 6.45) is 4.47. The Bertz CT molecular complexity index is 1080. The lowest BCUT2D eigenvalue weighted by atomic mass is 10.1. The quantitative estimate of drug-likeness (QED) is 0.732. The maximum Gasteiger partial charge on any atom is 0.262 e. The predicted octanol–water partition coefficient (Wildman–Crippen LogP) is 3.27. The molecule has 1 N–H and O–H groups in total. The van der Waals surface area contributed by atoms with E-state index in [0.717, 1.165) is 19.4 Å². The zero-order valence-electron chi connectivity index (χ0n) is 16.5. The van der Waals surface area contributed by atoms with Crippen molar-refractivity contribution in [3.63, 3.8) is 0 Å². The number of nitrogens with one attached hydrogen (secondary N) is 1. The smallest absolute Gasteiger partial charge is 0.262 e. The van der Waals surface area contributed by atoms with Crippen LogP contribution in [0.4, 0.5) is 5.69 Å². The topological polar surface area (TPSA) is 84.9 Å². The van der Waals surface area contributed by atoms with Gasteiger partial charge in [-0.1, -0.05) is 6.07 Å². The second kappa shape index (κ2) is 7.50. The largest absolute Gasteiger partial charge is 0.486 e. The van der Waals surface area contributed by atoms with Gasteiger partial charge in [-0.05, 0) is 61.9 Å². The fourth-order valence-electron chi connectivity index (χ4n) is 3.65. The van der Waals surface area contributed by atoms with Crippen LogP contribution < -0.4 is 14.2 Å². The third-order valence-corrected chi connectivity index (χ3v) is 6.96. The number of rotatable bonds is 7. The molecule has 0 spiro atoms. The molecule has 3 aliphatic rings. The number of carbonyl (C=O) groups excluding carboxylic acids is 1. The SMILES string of the molecule is O=C(c1cccc(NS(=O)(=O)c2ccc3c(c2)OCCO3)c1)N(CC1CC1)C1CC1. The Labute approximate surface area is 176 Å². The van der Waals surface area contributed by atoms with E-state index in [1.807, 2.05) is 4.90 Å². The van der Waals surface area contributed by atoms with Gasteiger partial charge in [0.25, 0.3) is 15.9 Å². The van der Waals surface area contributed by atoms with E-state index in [0.29, 0.717) is 47.9 Å². The van der Waals surface area contributed by atoms with Crippen LogP contribution in [0.25, 0.3) is 0 Å². The molecule has 8 heteroatoms. The molecule has 0 atom stereocenters. The number of nitrogens with zero attached hydrogens (tertiary/aromatic N) is 1. The molecule has 2 aliphatic carbocycles. The molecule has 0 radical (unpaired) electrons. The number of fused-ring (bicyclic) bond motifs is 1. The van der Waals surface area contributed by atoms with E-state index < -0.39 is 10.0 Å². The number of carbonyl (C=O) groups is 1. The van der Waals surface area contributed by atoms with Gasteiger partial charge < -0.3 is 14.4 Å². The van der Waals surface area contributed by atoms with Crippen molar-refractivity contribution in [3.8, 4) is 11.5 Å². The summed E-state index contributed by atoms with van der Waals surface area (Å²) in [6, 6.07) is 11.6. The molecule has 5 rings (SSSR count). The van der Waals surface area contributed by atoms with Gasteiger partial charge in [0, 0.05) is 29.9 Å². The first-order chi connectivity index (χ1) is 14.5. The van der Waals surface area contributed by atoms with Crippen molar-refractivity contribution >= 4 is 21.6 Å². The monoisotopic (exact) mass is 428 g/mol. The molecular weight excluding hydrogens is 404 g/mol. The summed E-state index contributed by atoms with van der Waals surface area (Å²) in [5, 5.41) is 0. The maximum absolute atomic E-state index is 13.1. The van der Waals surface area contributed by atoms with Gasteiger partial charge in [-0.15, -0.1) is 0 Å². The first-order valence-corrected chi connectivity index (χ1v) is 11.8. The van der Waals surface area contributed by atoms with Gasteiger partial charge in [0.1, 0.15) is 13.2 Å². The Morgan fingerprint density at radius 2 is 1.77 bits per heavy atom. The lowest BCUT2D eigenvalue weighted by molar-refractivity contribution is 0.0735. The molecule has 158 valence electrons. The van der Waals surface area contributed by atoms with Crippen LogP contribution in [0.15, 0.2) is 47.4 Å². The standard InChI is InChI=1S/C22H24N2O5S/c25-22(24(18-6-7-18)14-15-4-5-15)16-2-1-3-17(12-16)23-30(26,27)19-8-9-20-21(13-19)29-11-10-28-20/h1-3,8-9,12-13,15,18,23H,4-7,10-11,14H2. The van der Waals surface area contributed by atoms with E-state index >= 15 is 0 Å². The van der Waals surface area contributed by atoms with Crippen molar-refractivity contribution in [2.45, 2.75) is 36.6 Å². The van der Waals surface area contributed by atoms with Gasteiger partial charge in [-0.2, -0.15) is 0 Å². The highest BCUT2D eigenvalue weighted by Gasteiger charge is 2.36. The van der Waals surface area contributed by atoms with E-state index in [2.05, 4.69) is 4.72 Å². The number of amides is 1. The Morgan fingerprint density at radius 1 is 1.00 bits per heavy atom. The van der Waals surface area contributed by atoms with E-state index in [1.165, 1.54) is 25.0 Å². The van der Waals surface area contributed by atoms with Crippen molar-refractivity contribution in [1.82, 2.24) is 4.90 Å². The molecule has 1 heterocycles. The fraction of sp³-hybridized carbons (Fsp3) is 0.409. The van der Waals surface area contributed by atoms with Gasteiger partial charge in [0.15, 0.2) is 11.5 Å². The van der Waals surface area contributed by atoms with Crippen molar-refractivity contribution in [3.05, 3.63) is 48.0 Å². The van der Waals surface area contributed by atoms with E-state index in [9.17, 15) is 13.2 Å². The Balaban J connectivity index is 1.35. The van der Waals surface area contributed by atoms with Crippen molar-refractivity contribution in [2.24, 2.45) is 5.92 Å². The first-order valence-electron chi connectivity index (χ1n) is 10.3. The highest BCUT2D eigenvalue weighted by molar-refractivity contribution is 7.92. The summed E-state index contributed by atoms with van der Waals surface area (Å²) in [4.78, 5) is 15.1. The Morgan fingerprint density at radius 3 is 2.50 bits per heavy atom. The fourth-order valence-corrected chi connectivity index (χ4v) is 4.71. The summed E-state index contributed by atoms with van der Waals surface area (Å²) in [7, 11) is -3.83. The Hall–Kier alpha value is -2.74. The lowest BCUT2D eigenvalue weighted by Gasteiger charge is -2.22. The number of sulfonamides is 1. The summed E-state index contributed by atoms with van der Waals surface area (Å²) in [6.45, 7) is 1.62. The molecule has 2 fully saturated rings. The summed E-state index contributed by atoms with van der Waals surface area (Å²) in [5.41, 5.74) is 0.864. The zero-order valence-corrected chi connectivity index (χ0v) is 17.4. The van der Waals surface area contributed by atoms with Crippen molar-refractivity contribution < 1.29 is 22.7 Å². The number of benzene rings is 2. The Kier molecular flexibility index (Phi) is 4.81. The van der Waals surface area contributed by atoms with Gasteiger partial charge in [-0.25, -0.2) is 8.42 Å². The molecule has 1 amide bonds. The van der Waals surface area contributed by atoms with Crippen LogP contribution in [-0.4, -0.2) is 45.0 Å². The molecule has 2 aromatic carbocycles. The molecule has 1 aliphatic heterocycles. The van der Waals surface area contributed by atoms with E-state index in [4.69, 9.17) is 9.47 Å². The summed E-state index contributed by atoms with van der Waals surface area (Å²) >= 11 is 0. The maximum atomic E-state index is 13.1. The molecular formula is C22H24N2O5S. The minimum Gasteiger partial charge on any atom is -0.486 e. The minimum atomic E-state index is -3.83. The van der Waals surface area contributed by atoms with Crippen molar-refractivity contribution in [1.29, 1.82) is 0 Å². The van der Waals surface area contributed by atoms with E-state index in [-0.39, 0.29) is 10.8 Å². The van der Waals surface area contributed by atoms with Gasteiger partial charge >= 0.3 is 0 Å². The average molecular weight is 429 g/mol. The normalized spacial score (nSPS) is 18.0. The molecule has 7 nitrogen and oxygen atoms in total. The molecule has 30 heavy (non-hydrogen) atoms. The molecule has 0 bridgehead atoms. The second-order valence-electron chi connectivity index (χ2n) is 8.12. The zero-order chi connectivity index (χ0) is 20.7. The molecule has 2 aromatic rings. The van der Waals surface area contributed by atoms with E-state index in [1.54, 1.807) is 30.3 Å². The first kappa shape index (κ1) is 19.2. The van der Waals surface area contributed by atoms with Gasteiger partial charge in [-0.3, -0.25) is 9.52 Å². The number of hydrogen-bond donors (Lipinski definition) is 1. The van der Waals surface area contributed by atoms with Crippen LogP contribution in [0.5, 0.6) is 11.5 Å². The number of hydrogen-bond acceptors (Lipinski definition) is 5. The van der Waals surface area contributed by atoms with Gasteiger partial charge in [0.05, 0.1) is 4.90 Å². The molecule has 0 aromatic heterocycles. The molecule has 2 saturated carbocycles. The molecule has 0 saturated heterocycles. The van der Waals surface area contributed by atoms with Crippen LogP contribution in [0.2, 0.25) is 0 Å². The molecule has 0 unspecified atom stereocenters. The third-order valence-electron chi connectivity index (χ3n) is 5.59. The van der Waals surface area contributed by atoms with Crippen LogP contribution in [0.1, 0.15) is 36.0 Å². The highest BCUT2D eigenvalue weighted by atomic mass is 32.2. The summed E-state index contributed by atoms with van der Waals surface area (Å²) < 4.78 is 39.3.